The number of carbonyl (C=O) groups excluding carboxylic acids is 1. The van der Waals surface area contributed by atoms with Crippen molar-refractivity contribution in [2.75, 3.05) is 6.26 Å². The van der Waals surface area contributed by atoms with Crippen LogP contribution in [0.5, 0.6) is 0 Å². The quantitative estimate of drug-likeness (QED) is 0.469. The molecule has 0 radical (unpaired) electrons. The van der Waals surface area contributed by atoms with Crippen LogP contribution in [0.2, 0.25) is 5.02 Å². The zero-order chi connectivity index (χ0) is 22.0. The summed E-state index contributed by atoms with van der Waals surface area (Å²) in [6.45, 7) is 0.223. The van der Waals surface area contributed by atoms with E-state index in [0.29, 0.717) is 16.1 Å². The number of halogens is 1. The molecule has 0 atom stereocenters. The molecule has 3 aromatic carbocycles. The Labute approximate surface area is 185 Å². The van der Waals surface area contributed by atoms with E-state index in [1.54, 1.807) is 36.7 Å². The van der Waals surface area contributed by atoms with Crippen LogP contribution in [-0.2, 0) is 16.4 Å². The summed E-state index contributed by atoms with van der Waals surface area (Å²) in [7, 11) is -3.30. The lowest BCUT2D eigenvalue weighted by Gasteiger charge is -2.10. The molecule has 1 heterocycles. The maximum absolute atomic E-state index is 12.8. The second-order valence-electron chi connectivity index (χ2n) is 7.23. The van der Waals surface area contributed by atoms with Crippen LogP contribution in [0.4, 0.5) is 0 Å². The Kier molecular flexibility index (Phi) is 5.76. The zero-order valence-corrected chi connectivity index (χ0v) is 18.2. The monoisotopic (exact) mass is 450 g/mol. The standard InChI is InChI=1S/C24H19ClN2O3S/c1-31(29,30)21-4-2-3-16(11-21)13-27-24(28)18-5-6-19-14-26-15-23(22(19)12-18)17-7-9-20(25)10-8-17/h2-12,14-15H,13H2,1H3,(H,27,28). The van der Waals surface area contributed by atoms with Crippen LogP contribution in [-0.4, -0.2) is 25.6 Å². The number of nitrogens with one attached hydrogen (secondary N) is 1. The number of nitrogens with zero attached hydrogens (tertiary/aromatic N) is 1. The molecule has 156 valence electrons. The van der Waals surface area contributed by atoms with Crippen molar-refractivity contribution in [3.8, 4) is 11.1 Å². The van der Waals surface area contributed by atoms with Gasteiger partial charge in [-0.25, -0.2) is 8.42 Å². The number of pyridine rings is 1. The zero-order valence-electron chi connectivity index (χ0n) is 16.7. The fraction of sp³-hybridized carbons (Fsp3) is 0.0833. The minimum absolute atomic E-state index is 0.223. The van der Waals surface area contributed by atoms with Crippen LogP contribution >= 0.6 is 11.6 Å². The second-order valence-corrected chi connectivity index (χ2v) is 9.68. The Balaban J connectivity index is 1.60. The average Bonchev–Trinajstić information content (AvgIpc) is 2.77. The first-order valence-corrected chi connectivity index (χ1v) is 11.8. The third-order valence-corrected chi connectivity index (χ3v) is 6.32. The van der Waals surface area contributed by atoms with Crippen LogP contribution in [0.3, 0.4) is 0 Å². The van der Waals surface area contributed by atoms with Crippen LogP contribution in [0, 0.1) is 0 Å². The maximum Gasteiger partial charge on any atom is 0.251 e. The van der Waals surface area contributed by atoms with Gasteiger partial charge in [0.1, 0.15) is 0 Å². The number of rotatable bonds is 5. The van der Waals surface area contributed by atoms with Crippen LogP contribution in [0.25, 0.3) is 21.9 Å². The molecule has 4 rings (SSSR count). The number of carbonyl (C=O) groups is 1. The van der Waals surface area contributed by atoms with E-state index in [1.165, 1.54) is 6.07 Å². The lowest BCUT2D eigenvalue weighted by molar-refractivity contribution is 0.0951. The topological polar surface area (TPSA) is 76.1 Å². The predicted molar refractivity (Wildman–Crippen MR) is 123 cm³/mol. The SMILES string of the molecule is CS(=O)(=O)c1cccc(CNC(=O)c2ccc3cncc(-c4ccc(Cl)cc4)c3c2)c1. The summed E-state index contributed by atoms with van der Waals surface area (Å²) >= 11 is 6.00. The molecule has 31 heavy (non-hydrogen) atoms. The minimum atomic E-state index is -3.30. The van der Waals surface area contributed by atoms with E-state index in [-0.39, 0.29) is 17.3 Å². The van der Waals surface area contributed by atoms with Gasteiger partial charge in [-0.2, -0.15) is 0 Å². The van der Waals surface area contributed by atoms with E-state index in [4.69, 9.17) is 11.6 Å². The fourth-order valence-corrected chi connectivity index (χ4v) is 4.15. The molecule has 0 aliphatic heterocycles. The Hall–Kier alpha value is -3.22. The van der Waals surface area contributed by atoms with Crippen molar-refractivity contribution in [3.63, 3.8) is 0 Å². The molecule has 0 unspecified atom stereocenters. The molecule has 4 aromatic rings. The van der Waals surface area contributed by atoms with Gasteiger partial charge >= 0.3 is 0 Å². The highest BCUT2D eigenvalue weighted by Gasteiger charge is 2.11. The number of aromatic nitrogens is 1. The summed E-state index contributed by atoms with van der Waals surface area (Å²) in [6, 6.07) is 19.5. The predicted octanol–water partition coefficient (Wildman–Crippen LogP) is 4.89. The summed E-state index contributed by atoms with van der Waals surface area (Å²) in [5.41, 5.74) is 3.08. The van der Waals surface area contributed by atoms with Gasteiger partial charge in [0, 0.05) is 46.7 Å². The summed E-state index contributed by atoms with van der Waals surface area (Å²) in [5, 5.41) is 5.34. The molecule has 1 N–H and O–H groups in total. The maximum atomic E-state index is 12.8. The lowest BCUT2D eigenvalue weighted by Crippen LogP contribution is -2.22. The first-order valence-electron chi connectivity index (χ1n) is 9.52. The number of sulfone groups is 1. The molecule has 0 aliphatic carbocycles. The van der Waals surface area contributed by atoms with Crippen molar-refractivity contribution in [3.05, 3.63) is 95.3 Å². The largest absolute Gasteiger partial charge is 0.348 e. The van der Waals surface area contributed by atoms with Crippen molar-refractivity contribution in [1.82, 2.24) is 10.3 Å². The molecule has 0 spiro atoms. The Morgan fingerprint density at radius 2 is 1.77 bits per heavy atom. The summed E-state index contributed by atoms with van der Waals surface area (Å²) < 4.78 is 23.5. The highest BCUT2D eigenvalue weighted by atomic mass is 35.5. The minimum Gasteiger partial charge on any atom is -0.348 e. The van der Waals surface area contributed by atoms with E-state index < -0.39 is 9.84 Å². The number of amides is 1. The van der Waals surface area contributed by atoms with E-state index in [0.717, 1.165) is 28.2 Å². The molecule has 0 bridgehead atoms. The van der Waals surface area contributed by atoms with E-state index in [1.807, 2.05) is 36.4 Å². The van der Waals surface area contributed by atoms with Gasteiger partial charge in [-0.15, -0.1) is 0 Å². The van der Waals surface area contributed by atoms with Crippen LogP contribution in [0.15, 0.2) is 84.0 Å². The van der Waals surface area contributed by atoms with Crippen LogP contribution < -0.4 is 5.32 Å². The number of fused-ring (bicyclic) bond motifs is 1. The third-order valence-electron chi connectivity index (χ3n) is 4.96. The summed E-state index contributed by atoms with van der Waals surface area (Å²) in [4.78, 5) is 17.3. The highest BCUT2D eigenvalue weighted by molar-refractivity contribution is 7.90. The number of hydrogen-bond acceptors (Lipinski definition) is 4. The van der Waals surface area contributed by atoms with E-state index >= 15 is 0 Å². The van der Waals surface area contributed by atoms with Crippen molar-refractivity contribution in [2.45, 2.75) is 11.4 Å². The molecule has 0 saturated carbocycles. The van der Waals surface area contributed by atoms with Crippen molar-refractivity contribution < 1.29 is 13.2 Å². The lowest BCUT2D eigenvalue weighted by atomic mass is 9.99. The molecule has 7 heteroatoms. The molecule has 5 nitrogen and oxygen atoms in total. The average molecular weight is 451 g/mol. The van der Waals surface area contributed by atoms with Crippen molar-refractivity contribution >= 4 is 38.1 Å². The smallest absolute Gasteiger partial charge is 0.251 e. The van der Waals surface area contributed by atoms with Crippen LogP contribution in [0.1, 0.15) is 15.9 Å². The highest BCUT2D eigenvalue weighted by Crippen LogP contribution is 2.29. The van der Waals surface area contributed by atoms with Crippen molar-refractivity contribution in [2.24, 2.45) is 0 Å². The second kappa shape index (κ2) is 8.49. The van der Waals surface area contributed by atoms with Gasteiger partial charge in [-0.1, -0.05) is 41.9 Å². The first kappa shape index (κ1) is 21.0. The Morgan fingerprint density at radius 1 is 1.00 bits per heavy atom. The van der Waals surface area contributed by atoms with Gasteiger partial charge in [0.2, 0.25) is 0 Å². The van der Waals surface area contributed by atoms with Gasteiger partial charge in [0.05, 0.1) is 4.90 Å². The number of hydrogen-bond donors (Lipinski definition) is 1. The van der Waals surface area contributed by atoms with Gasteiger partial charge in [0.15, 0.2) is 9.84 Å². The van der Waals surface area contributed by atoms with Gasteiger partial charge < -0.3 is 5.32 Å². The summed E-state index contributed by atoms with van der Waals surface area (Å²) in [5.74, 6) is -0.245. The third kappa shape index (κ3) is 4.76. The molecule has 0 aliphatic rings. The van der Waals surface area contributed by atoms with E-state index in [2.05, 4.69) is 10.3 Å². The molecule has 0 fully saturated rings. The van der Waals surface area contributed by atoms with Gasteiger partial charge in [0.25, 0.3) is 5.91 Å². The van der Waals surface area contributed by atoms with E-state index in [9.17, 15) is 13.2 Å². The molecule has 0 saturated heterocycles. The van der Waals surface area contributed by atoms with Crippen molar-refractivity contribution in [1.29, 1.82) is 0 Å². The fourth-order valence-electron chi connectivity index (χ4n) is 3.33. The molecular weight excluding hydrogens is 432 g/mol. The van der Waals surface area contributed by atoms with Gasteiger partial charge in [-0.05, 0) is 52.9 Å². The molecule has 1 amide bonds. The number of benzene rings is 3. The first-order chi connectivity index (χ1) is 14.8. The van der Waals surface area contributed by atoms with Gasteiger partial charge in [-0.3, -0.25) is 9.78 Å². The summed E-state index contributed by atoms with van der Waals surface area (Å²) in [6.07, 6.45) is 4.68. The normalized spacial score (nSPS) is 11.4. The Morgan fingerprint density at radius 3 is 2.52 bits per heavy atom. The molecular formula is C24H19ClN2O3S. The molecule has 1 aromatic heterocycles. The Bertz CT molecular complexity index is 1380.